The molecule has 0 fully saturated rings. The molecule has 0 aliphatic heterocycles. The molecule has 0 unspecified atom stereocenters. The Bertz CT molecular complexity index is 64.1. The summed E-state index contributed by atoms with van der Waals surface area (Å²) < 4.78 is 41.1. The zero-order chi connectivity index (χ0) is 5.15. The van der Waals surface area contributed by atoms with Crippen LogP contribution in [0.2, 0.25) is 0 Å². The zero-order valence-electron chi connectivity index (χ0n) is 3.89. The molecule has 0 aromatic heterocycles. The minimum atomic E-state index is -2.91. The maximum atomic E-state index is 10.3. The number of halogens is 5. The molecule has 0 bridgehead atoms. The van der Waals surface area contributed by atoms with E-state index in [0.717, 1.165) is 0 Å². The third kappa shape index (κ3) is 9.89. The first kappa shape index (κ1) is 15.9. The minimum Gasteiger partial charge on any atom is -1.00 e. The molecule has 0 amide bonds. The maximum absolute atomic E-state index is 10.3. The molecule has 0 aliphatic carbocycles. The van der Waals surface area contributed by atoms with Crippen LogP contribution in [0.5, 0.6) is 0 Å². The van der Waals surface area contributed by atoms with E-state index < -0.39 is 12.2 Å². The van der Waals surface area contributed by atoms with Gasteiger partial charge in [-0.15, -0.1) is 0 Å². The Morgan fingerprint density at radius 3 is 0.875 bits per heavy atom. The third-order valence-electron chi connectivity index (χ3n) is 0.143. The molecular weight excluding hydrogens is 158 g/mol. The van der Waals surface area contributed by atoms with E-state index in [4.69, 9.17) is 0 Å². The topological polar surface area (TPSA) is 0 Å². The summed E-state index contributed by atoms with van der Waals surface area (Å²) in [7, 11) is 0. The van der Waals surface area contributed by atoms with Gasteiger partial charge in [0.15, 0.2) is 0 Å². The van der Waals surface area contributed by atoms with E-state index in [1.807, 2.05) is 0 Å². The molecule has 0 nitrogen and oxygen atoms in total. The quantitative estimate of drug-likeness (QED) is 0.249. The average Bonchev–Trinajstić information content (AvgIpc) is 1.36. The molecule has 0 heterocycles. The van der Waals surface area contributed by atoms with Crippen LogP contribution in [0.4, 0.5) is 17.6 Å². The van der Waals surface area contributed by atoms with Crippen LogP contribution in [0, 0.1) is 0 Å². The van der Waals surface area contributed by atoms with Crippen molar-refractivity contribution in [1.82, 2.24) is 0 Å². The Morgan fingerprint density at radius 2 is 0.875 bits per heavy atom. The van der Waals surface area contributed by atoms with Gasteiger partial charge >= 0.3 is 41.7 Å². The molecule has 44 valence electrons. The molecule has 0 saturated carbocycles. The van der Waals surface area contributed by atoms with Crippen molar-refractivity contribution < 1.29 is 59.5 Å². The van der Waals surface area contributed by atoms with E-state index in [1.54, 1.807) is 0 Å². The van der Waals surface area contributed by atoms with Gasteiger partial charge in [-0.1, -0.05) is 0 Å². The first-order valence-corrected chi connectivity index (χ1v) is 1.01. The molecule has 0 N–H and O–H groups in total. The number of hydrogen-bond acceptors (Lipinski definition) is 0. The van der Waals surface area contributed by atoms with Gasteiger partial charge in [-0.2, -0.15) is 17.6 Å². The predicted octanol–water partition coefficient (Wildman–Crippen LogP) is -4.00. The second-order valence-corrected chi connectivity index (χ2v) is 0.521. The van der Waals surface area contributed by atoms with Gasteiger partial charge in [0.2, 0.25) is 0 Å². The fourth-order valence-electron chi connectivity index (χ4n) is 0. The molecule has 8 heavy (non-hydrogen) atoms. The summed E-state index contributed by atoms with van der Waals surface area (Å²) in [4.78, 5) is 0. The van der Waals surface area contributed by atoms with Gasteiger partial charge in [0, 0.05) is 0 Å². The van der Waals surface area contributed by atoms with Gasteiger partial charge in [0.1, 0.15) is 0 Å². The van der Waals surface area contributed by atoms with E-state index in [-0.39, 0.29) is 42.0 Å². The summed E-state index contributed by atoms with van der Waals surface area (Å²) in [6.07, 6.45) is -5.81. The molecule has 0 saturated heterocycles. The first-order valence-electron chi connectivity index (χ1n) is 1.01. The zero-order valence-corrected chi connectivity index (χ0v) is 6.65. The second-order valence-electron chi connectivity index (χ2n) is 0.521. The van der Waals surface area contributed by atoms with Gasteiger partial charge in [-0.05, 0) is 0 Å². The minimum absolute atomic E-state index is 0. The van der Waals surface area contributed by atoms with Crippen molar-refractivity contribution in [2.45, 2.75) is 0 Å². The molecule has 0 aliphatic rings. The van der Waals surface area contributed by atoms with Crippen LogP contribution in [0.3, 0.4) is 0 Å². The summed E-state index contributed by atoms with van der Waals surface area (Å²) in [6, 6.07) is 0. The number of rotatable bonds is 0. The monoisotopic (exact) mass is 158 g/mol. The van der Waals surface area contributed by atoms with Gasteiger partial charge in [-0.3, -0.25) is 0 Å². The molecule has 0 aromatic rings. The predicted molar refractivity (Wildman–Crippen MR) is 11.5 cm³/mol. The van der Waals surface area contributed by atoms with Crippen molar-refractivity contribution in [2.75, 3.05) is 0 Å². The fourth-order valence-corrected chi connectivity index (χ4v) is 0. The largest absolute Gasteiger partial charge is 1.00 e. The molecule has 0 atom stereocenters. The second kappa shape index (κ2) is 7.75. The van der Waals surface area contributed by atoms with Crippen LogP contribution in [-0.4, -0.2) is 0 Å². The van der Waals surface area contributed by atoms with Gasteiger partial charge in [-0.25, -0.2) is 0 Å². The SMILES string of the molecule is FC(F)=C(F)F.[Cl-].[Na+]. The normalized spacial score (nSPS) is 6.00. The molecule has 0 radical (unpaired) electrons. The molecular formula is C2ClF4Na. The van der Waals surface area contributed by atoms with E-state index in [1.165, 1.54) is 0 Å². The molecule has 0 spiro atoms. The standard InChI is InChI=1S/C2F4.ClH.Na/c3-1(4)2(5)6;;/h;1H;/q;;+1/p-1. The molecule has 6 heteroatoms. The average molecular weight is 158 g/mol. The summed E-state index contributed by atoms with van der Waals surface area (Å²) in [5.41, 5.74) is 0. The van der Waals surface area contributed by atoms with Crippen LogP contribution in [0.1, 0.15) is 0 Å². The first-order chi connectivity index (χ1) is 2.64. The van der Waals surface area contributed by atoms with Gasteiger partial charge < -0.3 is 12.4 Å². The van der Waals surface area contributed by atoms with Crippen LogP contribution >= 0.6 is 0 Å². The third-order valence-corrected chi connectivity index (χ3v) is 0.143. The molecule has 0 rings (SSSR count). The van der Waals surface area contributed by atoms with Crippen molar-refractivity contribution in [3.8, 4) is 0 Å². The van der Waals surface area contributed by atoms with Crippen LogP contribution in [0.25, 0.3) is 0 Å². The van der Waals surface area contributed by atoms with E-state index in [9.17, 15) is 17.6 Å². The number of hydrogen-bond donors (Lipinski definition) is 0. The van der Waals surface area contributed by atoms with Crippen LogP contribution < -0.4 is 42.0 Å². The maximum Gasteiger partial charge on any atom is 1.00 e. The summed E-state index contributed by atoms with van der Waals surface area (Å²) in [5.74, 6) is 0. The summed E-state index contributed by atoms with van der Waals surface area (Å²) in [6.45, 7) is 0. The van der Waals surface area contributed by atoms with E-state index in [2.05, 4.69) is 0 Å². The van der Waals surface area contributed by atoms with Crippen molar-refractivity contribution in [3.63, 3.8) is 0 Å². The van der Waals surface area contributed by atoms with Crippen LogP contribution in [0.15, 0.2) is 12.2 Å². The molecule has 0 aromatic carbocycles. The van der Waals surface area contributed by atoms with Gasteiger partial charge in [0.25, 0.3) is 0 Å². The van der Waals surface area contributed by atoms with Crippen LogP contribution in [-0.2, 0) is 0 Å². The Labute approximate surface area is 71.6 Å². The summed E-state index contributed by atoms with van der Waals surface area (Å²) in [5, 5.41) is 0. The van der Waals surface area contributed by atoms with Crippen molar-refractivity contribution in [3.05, 3.63) is 12.2 Å². The summed E-state index contributed by atoms with van der Waals surface area (Å²) >= 11 is 0. The Balaban J connectivity index is -0.000000125. The fraction of sp³-hybridized carbons (Fsp3) is 0. The van der Waals surface area contributed by atoms with Crippen molar-refractivity contribution in [2.24, 2.45) is 0 Å². The van der Waals surface area contributed by atoms with Gasteiger partial charge in [0.05, 0.1) is 0 Å². The Hall–Kier alpha value is 0.750. The Kier molecular flexibility index (Phi) is 15.4. The van der Waals surface area contributed by atoms with Crippen molar-refractivity contribution in [1.29, 1.82) is 0 Å². The van der Waals surface area contributed by atoms with Crippen molar-refractivity contribution >= 4 is 0 Å². The van der Waals surface area contributed by atoms with E-state index >= 15 is 0 Å². The smallest absolute Gasteiger partial charge is 1.00 e. The van der Waals surface area contributed by atoms with E-state index in [0.29, 0.717) is 0 Å². The Morgan fingerprint density at radius 1 is 0.750 bits per heavy atom.